The van der Waals surface area contributed by atoms with Crippen molar-refractivity contribution >= 4 is 27.3 Å². The highest BCUT2D eigenvalue weighted by Crippen LogP contribution is 2.42. The highest BCUT2D eigenvalue weighted by atomic mass is 32.1. The maximum Gasteiger partial charge on any atom is 0.254 e. The standard InChI is InChI=1S/C15H18N2OS/c1-7(2)11-9-5-16-10-6-17-15(18)12(10)14(9)19-13(11)8(3)4/h5,7-8H,6H2,1-4H3,(H,17,18). The van der Waals surface area contributed by atoms with Crippen molar-refractivity contribution in [2.24, 2.45) is 0 Å². The highest BCUT2D eigenvalue weighted by Gasteiger charge is 2.27. The van der Waals surface area contributed by atoms with Crippen LogP contribution in [0.4, 0.5) is 0 Å². The molecule has 0 atom stereocenters. The Hall–Kier alpha value is -1.42. The first kappa shape index (κ1) is 12.6. The van der Waals surface area contributed by atoms with Crippen LogP contribution in [-0.2, 0) is 6.54 Å². The van der Waals surface area contributed by atoms with Crippen LogP contribution in [0.3, 0.4) is 0 Å². The number of nitrogens with zero attached hydrogens (tertiary/aromatic N) is 1. The van der Waals surface area contributed by atoms with Crippen LogP contribution in [0.1, 0.15) is 66.0 Å². The smallest absolute Gasteiger partial charge is 0.254 e. The fourth-order valence-electron chi connectivity index (χ4n) is 2.77. The molecule has 1 amide bonds. The largest absolute Gasteiger partial charge is 0.346 e. The number of carbonyl (C=O) groups excluding carboxylic acids is 1. The Balaban J connectivity index is 2.38. The van der Waals surface area contributed by atoms with Gasteiger partial charge in [0, 0.05) is 16.5 Å². The number of aromatic nitrogens is 1. The lowest BCUT2D eigenvalue weighted by atomic mass is 9.95. The number of rotatable bonds is 2. The van der Waals surface area contributed by atoms with E-state index in [1.165, 1.54) is 15.8 Å². The molecule has 3 nitrogen and oxygen atoms in total. The lowest BCUT2D eigenvalue weighted by Crippen LogP contribution is -2.12. The molecule has 3 heterocycles. The van der Waals surface area contributed by atoms with Crippen molar-refractivity contribution in [2.45, 2.75) is 46.1 Å². The van der Waals surface area contributed by atoms with Gasteiger partial charge in [-0.1, -0.05) is 27.7 Å². The maximum atomic E-state index is 12.0. The highest BCUT2D eigenvalue weighted by molar-refractivity contribution is 7.19. The van der Waals surface area contributed by atoms with E-state index in [-0.39, 0.29) is 5.91 Å². The zero-order chi connectivity index (χ0) is 13.7. The van der Waals surface area contributed by atoms with Crippen molar-refractivity contribution in [3.63, 3.8) is 0 Å². The van der Waals surface area contributed by atoms with Crippen LogP contribution in [0.2, 0.25) is 0 Å². The quantitative estimate of drug-likeness (QED) is 0.905. The molecule has 0 spiro atoms. The molecule has 0 aromatic carbocycles. The molecule has 100 valence electrons. The van der Waals surface area contributed by atoms with Gasteiger partial charge in [0.15, 0.2) is 0 Å². The van der Waals surface area contributed by atoms with E-state index in [0.29, 0.717) is 18.4 Å². The van der Waals surface area contributed by atoms with Gasteiger partial charge in [-0.2, -0.15) is 0 Å². The van der Waals surface area contributed by atoms with Gasteiger partial charge < -0.3 is 5.32 Å². The van der Waals surface area contributed by atoms with Gasteiger partial charge >= 0.3 is 0 Å². The van der Waals surface area contributed by atoms with E-state index in [9.17, 15) is 4.79 Å². The number of carbonyl (C=O) groups is 1. The van der Waals surface area contributed by atoms with E-state index in [2.05, 4.69) is 38.0 Å². The molecule has 1 aliphatic rings. The minimum atomic E-state index is 0.0277. The summed E-state index contributed by atoms with van der Waals surface area (Å²) in [7, 11) is 0. The zero-order valence-electron chi connectivity index (χ0n) is 11.7. The molecule has 0 unspecified atom stereocenters. The van der Waals surface area contributed by atoms with Crippen LogP contribution in [0.15, 0.2) is 6.20 Å². The second-order valence-electron chi connectivity index (χ2n) is 5.69. The van der Waals surface area contributed by atoms with Gasteiger partial charge in [0.05, 0.1) is 22.5 Å². The first-order valence-electron chi connectivity index (χ1n) is 6.73. The molecule has 2 aromatic heterocycles. The van der Waals surface area contributed by atoms with Crippen LogP contribution in [0.25, 0.3) is 10.1 Å². The molecular weight excluding hydrogens is 256 g/mol. The summed E-state index contributed by atoms with van der Waals surface area (Å²) in [5.41, 5.74) is 3.06. The van der Waals surface area contributed by atoms with Crippen molar-refractivity contribution in [1.82, 2.24) is 10.3 Å². The molecule has 2 aromatic rings. The third-order valence-electron chi connectivity index (χ3n) is 3.62. The van der Waals surface area contributed by atoms with Crippen LogP contribution in [0, 0.1) is 0 Å². The predicted octanol–water partition coefficient (Wildman–Crippen LogP) is 3.79. The number of fused-ring (bicyclic) bond motifs is 3. The molecule has 1 N–H and O–H groups in total. The number of hydrogen-bond acceptors (Lipinski definition) is 3. The van der Waals surface area contributed by atoms with E-state index >= 15 is 0 Å². The minimum Gasteiger partial charge on any atom is -0.346 e. The van der Waals surface area contributed by atoms with E-state index in [1.807, 2.05) is 6.20 Å². The van der Waals surface area contributed by atoms with Gasteiger partial charge in [0.2, 0.25) is 0 Å². The Morgan fingerprint density at radius 1 is 1.26 bits per heavy atom. The zero-order valence-corrected chi connectivity index (χ0v) is 12.5. The van der Waals surface area contributed by atoms with Gasteiger partial charge in [-0.05, 0) is 17.4 Å². The van der Waals surface area contributed by atoms with Gasteiger partial charge in [0.25, 0.3) is 5.91 Å². The summed E-state index contributed by atoms with van der Waals surface area (Å²) in [6.07, 6.45) is 1.95. The summed E-state index contributed by atoms with van der Waals surface area (Å²) >= 11 is 1.77. The first-order chi connectivity index (χ1) is 9.00. The molecule has 4 heteroatoms. The molecule has 0 fully saturated rings. The lowest BCUT2D eigenvalue weighted by Gasteiger charge is -2.10. The Morgan fingerprint density at radius 2 is 2.00 bits per heavy atom. The number of pyridine rings is 1. The molecule has 1 aliphatic heterocycles. The fourth-order valence-corrected chi connectivity index (χ4v) is 4.27. The fraction of sp³-hybridized carbons (Fsp3) is 0.467. The Labute approximate surface area is 117 Å². The summed E-state index contributed by atoms with van der Waals surface area (Å²) in [6.45, 7) is 9.41. The van der Waals surface area contributed by atoms with Crippen LogP contribution in [-0.4, -0.2) is 10.9 Å². The molecular formula is C15H18N2OS. The Bertz CT molecular complexity index is 670. The van der Waals surface area contributed by atoms with E-state index in [0.717, 1.165) is 16.0 Å². The van der Waals surface area contributed by atoms with Gasteiger partial charge in [-0.25, -0.2) is 0 Å². The summed E-state index contributed by atoms with van der Waals surface area (Å²) in [4.78, 5) is 17.9. The average molecular weight is 274 g/mol. The number of thiophene rings is 1. The third-order valence-corrected chi connectivity index (χ3v) is 5.16. The molecule has 0 saturated carbocycles. The minimum absolute atomic E-state index is 0.0277. The monoisotopic (exact) mass is 274 g/mol. The molecule has 0 radical (unpaired) electrons. The second-order valence-corrected chi connectivity index (χ2v) is 6.75. The molecule has 19 heavy (non-hydrogen) atoms. The van der Waals surface area contributed by atoms with Crippen molar-refractivity contribution in [1.29, 1.82) is 0 Å². The van der Waals surface area contributed by atoms with E-state index in [4.69, 9.17) is 0 Å². The maximum absolute atomic E-state index is 12.0. The Kier molecular flexibility index (Phi) is 2.86. The van der Waals surface area contributed by atoms with Gasteiger partial charge in [-0.3, -0.25) is 9.78 Å². The molecule has 0 aliphatic carbocycles. The van der Waals surface area contributed by atoms with Gasteiger partial charge in [-0.15, -0.1) is 11.3 Å². The summed E-state index contributed by atoms with van der Waals surface area (Å²) in [6, 6.07) is 0. The predicted molar refractivity (Wildman–Crippen MR) is 79.0 cm³/mol. The molecule has 3 rings (SSSR count). The van der Waals surface area contributed by atoms with Crippen LogP contribution < -0.4 is 5.32 Å². The number of amides is 1. The van der Waals surface area contributed by atoms with E-state index < -0.39 is 0 Å². The average Bonchev–Trinajstić information content (AvgIpc) is 2.89. The summed E-state index contributed by atoms with van der Waals surface area (Å²) < 4.78 is 1.12. The van der Waals surface area contributed by atoms with Crippen molar-refractivity contribution < 1.29 is 4.79 Å². The van der Waals surface area contributed by atoms with Crippen LogP contribution >= 0.6 is 11.3 Å². The van der Waals surface area contributed by atoms with Crippen molar-refractivity contribution in [3.8, 4) is 0 Å². The first-order valence-corrected chi connectivity index (χ1v) is 7.54. The topological polar surface area (TPSA) is 42.0 Å². The van der Waals surface area contributed by atoms with Gasteiger partial charge in [0.1, 0.15) is 0 Å². The third kappa shape index (κ3) is 1.77. The molecule has 0 bridgehead atoms. The SMILES string of the molecule is CC(C)c1sc2c3c(ncc2c1C(C)C)CNC3=O. The summed E-state index contributed by atoms with van der Waals surface area (Å²) in [5.74, 6) is 0.963. The molecule has 0 saturated heterocycles. The van der Waals surface area contributed by atoms with Crippen molar-refractivity contribution in [3.05, 3.63) is 27.9 Å². The number of nitrogens with one attached hydrogen (secondary N) is 1. The Morgan fingerprint density at radius 3 is 2.63 bits per heavy atom. The normalized spacial score (nSPS) is 14.5. The number of hydrogen-bond donors (Lipinski definition) is 1. The van der Waals surface area contributed by atoms with Crippen molar-refractivity contribution in [2.75, 3.05) is 0 Å². The summed E-state index contributed by atoms with van der Waals surface area (Å²) in [5, 5.41) is 4.04. The second kappa shape index (κ2) is 4.30. The van der Waals surface area contributed by atoms with E-state index in [1.54, 1.807) is 11.3 Å². The lowest BCUT2D eigenvalue weighted by molar-refractivity contribution is 0.0967. The van der Waals surface area contributed by atoms with Crippen LogP contribution in [0.5, 0.6) is 0 Å².